The lowest BCUT2D eigenvalue weighted by Gasteiger charge is -2.13. The standard InChI is InChI=1S/C11H11BrClNS2/c1-6-5-8(16-11(6)13)9(14-2)10-7(12)3-4-15-10/h3-5,9,14H,1-2H3. The van der Waals surface area contributed by atoms with Gasteiger partial charge in [-0.3, -0.25) is 0 Å². The Hall–Kier alpha value is 0.130. The zero-order chi connectivity index (χ0) is 11.7. The summed E-state index contributed by atoms with van der Waals surface area (Å²) in [7, 11) is 1.97. The van der Waals surface area contributed by atoms with Crippen LogP contribution in [0, 0.1) is 6.92 Å². The average Bonchev–Trinajstić information content (AvgIpc) is 2.78. The van der Waals surface area contributed by atoms with Gasteiger partial charge in [-0.05, 0) is 53.0 Å². The molecule has 0 spiro atoms. The van der Waals surface area contributed by atoms with Crippen molar-refractivity contribution in [2.75, 3.05) is 7.05 Å². The van der Waals surface area contributed by atoms with Gasteiger partial charge in [0.1, 0.15) is 0 Å². The Morgan fingerprint density at radius 1 is 1.50 bits per heavy atom. The Balaban J connectivity index is 2.40. The van der Waals surface area contributed by atoms with E-state index in [1.807, 2.05) is 14.0 Å². The van der Waals surface area contributed by atoms with Gasteiger partial charge in [-0.1, -0.05) is 11.6 Å². The van der Waals surface area contributed by atoms with Gasteiger partial charge in [0.15, 0.2) is 0 Å². The zero-order valence-corrected chi connectivity index (χ0v) is 12.9. The SMILES string of the molecule is CNC(c1cc(C)c(Cl)s1)c1sccc1Br. The predicted molar refractivity (Wildman–Crippen MR) is 77.0 cm³/mol. The predicted octanol–water partition coefficient (Wildman–Crippen LogP) is 4.84. The lowest BCUT2D eigenvalue weighted by Crippen LogP contribution is -2.15. The molecule has 2 rings (SSSR count). The van der Waals surface area contributed by atoms with Crippen LogP contribution in [0.2, 0.25) is 4.34 Å². The number of hydrogen-bond donors (Lipinski definition) is 1. The first-order valence-electron chi connectivity index (χ1n) is 4.79. The van der Waals surface area contributed by atoms with Crippen molar-refractivity contribution in [3.63, 3.8) is 0 Å². The second kappa shape index (κ2) is 5.19. The molecular formula is C11H11BrClNS2. The van der Waals surface area contributed by atoms with E-state index in [-0.39, 0.29) is 6.04 Å². The highest BCUT2D eigenvalue weighted by Gasteiger charge is 2.19. The van der Waals surface area contributed by atoms with Gasteiger partial charge in [0.2, 0.25) is 0 Å². The Labute approximate surface area is 117 Å². The fraction of sp³-hybridized carbons (Fsp3) is 0.273. The second-order valence-corrected chi connectivity index (χ2v) is 6.95. The summed E-state index contributed by atoms with van der Waals surface area (Å²) in [5, 5.41) is 5.42. The van der Waals surface area contributed by atoms with Crippen LogP contribution in [0.25, 0.3) is 0 Å². The summed E-state index contributed by atoms with van der Waals surface area (Å²) in [4.78, 5) is 2.55. The maximum atomic E-state index is 6.11. The largest absolute Gasteiger partial charge is 0.308 e. The number of halogens is 2. The fourth-order valence-corrected chi connectivity index (χ4v) is 4.68. The molecule has 0 saturated carbocycles. The van der Waals surface area contributed by atoms with Crippen molar-refractivity contribution >= 4 is 50.2 Å². The Morgan fingerprint density at radius 3 is 2.69 bits per heavy atom. The van der Waals surface area contributed by atoms with Gasteiger partial charge in [-0.25, -0.2) is 0 Å². The Kier molecular flexibility index (Phi) is 4.08. The van der Waals surface area contributed by atoms with Crippen molar-refractivity contribution in [3.8, 4) is 0 Å². The number of aryl methyl sites for hydroxylation is 1. The topological polar surface area (TPSA) is 12.0 Å². The van der Waals surface area contributed by atoms with E-state index < -0.39 is 0 Å². The van der Waals surface area contributed by atoms with Crippen LogP contribution in [-0.2, 0) is 0 Å². The quantitative estimate of drug-likeness (QED) is 0.845. The van der Waals surface area contributed by atoms with E-state index in [2.05, 4.69) is 38.8 Å². The van der Waals surface area contributed by atoms with Crippen LogP contribution >= 0.6 is 50.2 Å². The third kappa shape index (κ3) is 2.36. The van der Waals surface area contributed by atoms with E-state index in [0.29, 0.717) is 0 Å². The first kappa shape index (κ1) is 12.6. The van der Waals surface area contributed by atoms with Crippen LogP contribution in [0.4, 0.5) is 0 Å². The van der Waals surface area contributed by atoms with Crippen molar-refractivity contribution in [2.24, 2.45) is 0 Å². The molecule has 0 aliphatic rings. The third-order valence-corrected chi connectivity index (χ3v) is 5.91. The van der Waals surface area contributed by atoms with Crippen LogP contribution in [-0.4, -0.2) is 7.05 Å². The summed E-state index contributed by atoms with van der Waals surface area (Å²) in [6.45, 7) is 2.04. The molecule has 0 amide bonds. The van der Waals surface area contributed by atoms with Gasteiger partial charge >= 0.3 is 0 Å². The lowest BCUT2D eigenvalue weighted by atomic mass is 10.2. The van der Waals surface area contributed by atoms with E-state index in [9.17, 15) is 0 Å². The highest BCUT2D eigenvalue weighted by atomic mass is 79.9. The number of rotatable bonds is 3. The van der Waals surface area contributed by atoms with Crippen molar-refractivity contribution in [3.05, 3.63) is 41.6 Å². The van der Waals surface area contributed by atoms with E-state index in [1.165, 1.54) is 9.75 Å². The van der Waals surface area contributed by atoms with Crippen molar-refractivity contribution in [1.82, 2.24) is 5.32 Å². The van der Waals surface area contributed by atoms with Crippen LogP contribution in [0.1, 0.15) is 21.4 Å². The minimum Gasteiger partial charge on any atom is -0.308 e. The van der Waals surface area contributed by atoms with E-state index in [1.54, 1.807) is 22.7 Å². The molecule has 16 heavy (non-hydrogen) atoms. The summed E-state index contributed by atoms with van der Waals surface area (Å²) < 4.78 is 2.03. The second-order valence-electron chi connectivity index (χ2n) is 3.46. The molecule has 2 aromatic heterocycles. The van der Waals surface area contributed by atoms with Crippen LogP contribution in [0.5, 0.6) is 0 Å². The van der Waals surface area contributed by atoms with Gasteiger partial charge < -0.3 is 5.32 Å². The van der Waals surface area contributed by atoms with Crippen molar-refractivity contribution in [2.45, 2.75) is 13.0 Å². The van der Waals surface area contributed by atoms with Gasteiger partial charge in [0.25, 0.3) is 0 Å². The van der Waals surface area contributed by atoms with Gasteiger partial charge in [0.05, 0.1) is 10.4 Å². The van der Waals surface area contributed by atoms with Gasteiger partial charge in [-0.2, -0.15) is 0 Å². The molecule has 5 heteroatoms. The monoisotopic (exact) mass is 335 g/mol. The third-order valence-electron chi connectivity index (χ3n) is 2.36. The molecule has 1 atom stereocenters. The molecule has 0 aliphatic carbocycles. The first-order valence-corrected chi connectivity index (χ1v) is 7.66. The molecule has 0 fully saturated rings. The highest BCUT2D eigenvalue weighted by Crippen LogP contribution is 2.38. The highest BCUT2D eigenvalue weighted by molar-refractivity contribution is 9.10. The average molecular weight is 337 g/mol. The molecule has 86 valence electrons. The summed E-state index contributed by atoms with van der Waals surface area (Å²) in [5.41, 5.74) is 1.15. The molecule has 0 aliphatic heterocycles. The van der Waals surface area contributed by atoms with Crippen molar-refractivity contribution < 1.29 is 0 Å². The zero-order valence-electron chi connectivity index (χ0n) is 8.88. The Morgan fingerprint density at radius 2 is 2.25 bits per heavy atom. The first-order chi connectivity index (χ1) is 7.63. The van der Waals surface area contributed by atoms with E-state index in [0.717, 1.165) is 14.4 Å². The van der Waals surface area contributed by atoms with Crippen molar-refractivity contribution in [1.29, 1.82) is 0 Å². The molecule has 1 unspecified atom stereocenters. The molecule has 0 saturated heterocycles. The lowest BCUT2D eigenvalue weighted by molar-refractivity contribution is 0.713. The Bertz CT molecular complexity index is 472. The normalized spacial score (nSPS) is 13.0. The molecule has 0 aromatic carbocycles. The van der Waals surface area contributed by atoms with Gasteiger partial charge in [0, 0.05) is 14.2 Å². The minimum absolute atomic E-state index is 0.227. The number of thiophene rings is 2. The van der Waals surface area contributed by atoms with Crippen LogP contribution < -0.4 is 5.32 Å². The summed E-state index contributed by atoms with van der Waals surface area (Å²) in [6, 6.07) is 4.46. The van der Waals surface area contributed by atoms with Crippen LogP contribution in [0.15, 0.2) is 22.0 Å². The molecule has 0 bridgehead atoms. The number of hydrogen-bond acceptors (Lipinski definition) is 3. The summed E-state index contributed by atoms with van der Waals surface area (Å²) >= 11 is 13.1. The fourth-order valence-electron chi connectivity index (χ4n) is 1.54. The molecule has 0 radical (unpaired) electrons. The molecular weight excluding hydrogens is 326 g/mol. The molecule has 1 nitrogen and oxygen atoms in total. The van der Waals surface area contributed by atoms with Crippen LogP contribution in [0.3, 0.4) is 0 Å². The maximum Gasteiger partial charge on any atom is 0.0961 e. The molecule has 2 heterocycles. The minimum atomic E-state index is 0.227. The van der Waals surface area contributed by atoms with E-state index in [4.69, 9.17) is 11.6 Å². The van der Waals surface area contributed by atoms with Gasteiger partial charge in [-0.15, -0.1) is 22.7 Å². The summed E-state index contributed by atoms with van der Waals surface area (Å²) in [6.07, 6.45) is 0. The summed E-state index contributed by atoms with van der Waals surface area (Å²) in [5.74, 6) is 0. The number of nitrogens with one attached hydrogen (secondary N) is 1. The smallest absolute Gasteiger partial charge is 0.0961 e. The van der Waals surface area contributed by atoms with E-state index >= 15 is 0 Å². The maximum absolute atomic E-state index is 6.11. The molecule has 1 N–H and O–H groups in total. The molecule has 2 aromatic rings.